The Morgan fingerprint density at radius 1 is 1.07 bits per heavy atom. The maximum Gasteiger partial charge on any atom is 0.407 e. The van der Waals surface area contributed by atoms with Crippen LogP contribution in [-0.4, -0.2) is 49.7 Å². The van der Waals surface area contributed by atoms with Gasteiger partial charge in [-0.25, -0.2) is 4.79 Å². The Kier molecular flexibility index (Phi) is 9.60. The summed E-state index contributed by atoms with van der Waals surface area (Å²) in [6.07, 6.45) is -0.192. The van der Waals surface area contributed by atoms with Crippen LogP contribution >= 0.6 is 0 Å². The molecular weight excluding hydrogens is 394 g/mol. The molecule has 0 atom stereocenters. The lowest BCUT2D eigenvalue weighted by Gasteiger charge is -2.19. The van der Waals surface area contributed by atoms with Crippen molar-refractivity contribution in [3.8, 4) is 5.75 Å². The first kappa shape index (κ1) is 24.7. The summed E-state index contributed by atoms with van der Waals surface area (Å²) >= 11 is 0. The van der Waals surface area contributed by atoms with Gasteiger partial charge < -0.3 is 30.2 Å². The maximum absolute atomic E-state index is 12.1. The fraction of sp³-hybridized carbons (Fsp3) is 0.500. The summed E-state index contributed by atoms with van der Waals surface area (Å²) < 4.78 is 15.2. The molecule has 0 heterocycles. The van der Waals surface area contributed by atoms with Gasteiger partial charge >= 0.3 is 12.1 Å². The summed E-state index contributed by atoms with van der Waals surface area (Å²) in [5, 5.41) is 7.70. The number of carbonyl (C=O) groups is 4. The van der Waals surface area contributed by atoms with Crippen molar-refractivity contribution in [3.63, 3.8) is 0 Å². The second-order valence-corrected chi connectivity index (χ2v) is 7.34. The topological polar surface area (TPSA) is 132 Å². The van der Waals surface area contributed by atoms with Crippen LogP contribution < -0.4 is 20.7 Å². The van der Waals surface area contributed by atoms with Crippen molar-refractivity contribution >= 4 is 35.3 Å². The highest BCUT2D eigenvalue weighted by atomic mass is 16.6. The Hall–Kier alpha value is -3.30. The summed E-state index contributed by atoms with van der Waals surface area (Å²) in [5.74, 6) is -1.01. The van der Waals surface area contributed by atoms with Gasteiger partial charge in [0.25, 0.3) is 5.91 Å². The molecule has 10 heteroatoms. The molecule has 0 aromatic heterocycles. The van der Waals surface area contributed by atoms with E-state index in [1.807, 2.05) is 0 Å². The van der Waals surface area contributed by atoms with E-state index < -0.39 is 30.2 Å². The van der Waals surface area contributed by atoms with E-state index >= 15 is 0 Å². The average Bonchev–Trinajstić information content (AvgIpc) is 2.62. The van der Waals surface area contributed by atoms with E-state index in [1.165, 1.54) is 20.1 Å². The van der Waals surface area contributed by atoms with Crippen LogP contribution in [0.5, 0.6) is 5.75 Å². The number of methoxy groups -OCH3 is 1. The van der Waals surface area contributed by atoms with E-state index in [2.05, 4.69) is 16.0 Å². The van der Waals surface area contributed by atoms with Crippen molar-refractivity contribution in [2.24, 2.45) is 0 Å². The van der Waals surface area contributed by atoms with E-state index in [-0.39, 0.29) is 18.9 Å². The zero-order valence-corrected chi connectivity index (χ0v) is 17.9. The fourth-order valence-corrected chi connectivity index (χ4v) is 2.23. The van der Waals surface area contributed by atoms with Crippen LogP contribution in [0.25, 0.3) is 0 Å². The number of alkyl carbamates (subject to hydrolysis) is 1. The Balaban J connectivity index is 2.39. The zero-order valence-electron chi connectivity index (χ0n) is 17.9. The third-order valence-electron chi connectivity index (χ3n) is 3.38. The number of benzene rings is 1. The predicted octanol–water partition coefficient (Wildman–Crippen LogP) is 2.44. The Bertz CT molecular complexity index is 772. The third kappa shape index (κ3) is 10.3. The lowest BCUT2D eigenvalue weighted by Crippen LogP contribution is -2.33. The minimum atomic E-state index is -0.597. The van der Waals surface area contributed by atoms with Gasteiger partial charge in [-0.2, -0.15) is 0 Å². The molecule has 3 N–H and O–H groups in total. The molecule has 3 amide bonds. The molecule has 0 bridgehead atoms. The van der Waals surface area contributed by atoms with Crippen molar-refractivity contribution in [2.75, 3.05) is 30.9 Å². The van der Waals surface area contributed by atoms with Gasteiger partial charge in [-0.05, 0) is 45.4 Å². The number of anilines is 2. The minimum absolute atomic E-state index is 0.0322. The maximum atomic E-state index is 12.1. The normalized spacial score (nSPS) is 10.6. The number of hydrogen-bond donors (Lipinski definition) is 3. The van der Waals surface area contributed by atoms with Gasteiger partial charge in [-0.15, -0.1) is 0 Å². The molecule has 166 valence electrons. The highest BCUT2D eigenvalue weighted by molar-refractivity contribution is 5.96. The molecule has 0 aliphatic heterocycles. The number of amides is 3. The van der Waals surface area contributed by atoms with Gasteiger partial charge in [0.05, 0.1) is 12.8 Å². The van der Waals surface area contributed by atoms with Crippen molar-refractivity contribution in [1.82, 2.24) is 5.32 Å². The zero-order chi connectivity index (χ0) is 22.7. The molecule has 0 saturated heterocycles. The number of hydrogen-bond acceptors (Lipinski definition) is 7. The summed E-state index contributed by atoms with van der Waals surface area (Å²) in [7, 11) is 1.44. The average molecular weight is 423 g/mol. The smallest absolute Gasteiger partial charge is 0.407 e. The lowest BCUT2D eigenvalue weighted by molar-refractivity contribution is -0.147. The van der Waals surface area contributed by atoms with Crippen LogP contribution in [0, 0.1) is 0 Å². The molecule has 0 fully saturated rings. The number of rotatable bonds is 9. The molecule has 1 rings (SSSR count). The first-order valence-corrected chi connectivity index (χ1v) is 9.38. The van der Waals surface area contributed by atoms with Gasteiger partial charge in [-0.3, -0.25) is 14.4 Å². The van der Waals surface area contributed by atoms with Gasteiger partial charge in [0.15, 0.2) is 6.61 Å². The minimum Gasteiger partial charge on any atom is -0.495 e. The largest absolute Gasteiger partial charge is 0.495 e. The molecule has 0 unspecified atom stereocenters. The quantitative estimate of drug-likeness (QED) is 0.410. The standard InChI is InChI=1S/C20H29N3O7/c1-13(24)22-14-8-9-16(28-5)15(11-14)23-17(25)12-29-18(26)7-6-10-21-19(27)30-20(2,3)4/h8-9,11H,6-7,10,12H2,1-5H3,(H,21,27)(H,22,24)(H,23,25). The van der Waals surface area contributed by atoms with Gasteiger partial charge in [0.1, 0.15) is 11.4 Å². The van der Waals surface area contributed by atoms with Gasteiger partial charge in [0.2, 0.25) is 5.91 Å². The van der Waals surface area contributed by atoms with Gasteiger partial charge in [-0.1, -0.05) is 0 Å². The van der Waals surface area contributed by atoms with Gasteiger partial charge in [0, 0.05) is 25.6 Å². The van der Waals surface area contributed by atoms with Crippen LogP contribution in [0.15, 0.2) is 18.2 Å². The third-order valence-corrected chi connectivity index (χ3v) is 3.38. The van der Waals surface area contributed by atoms with Crippen LogP contribution in [0.2, 0.25) is 0 Å². The number of esters is 1. The van der Waals surface area contributed by atoms with E-state index in [0.717, 1.165) is 0 Å². The molecule has 0 aliphatic rings. The molecule has 0 saturated carbocycles. The van der Waals surface area contributed by atoms with E-state index in [4.69, 9.17) is 14.2 Å². The summed E-state index contributed by atoms with van der Waals surface area (Å²) in [5.41, 5.74) is 0.209. The van der Waals surface area contributed by atoms with E-state index in [1.54, 1.807) is 32.9 Å². The second-order valence-electron chi connectivity index (χ2n) is 7.34. The Labute approximate surface area is 175 Å². The van der Waals surface area contributed by atoms with Crippen LogP contribution in [-0.2, 0) is 23.9 Å². The Morgan fingerprint density at radius 3 is 2.37 bits per heavy atom. The molecule has 30 heavy (non-hydrogen) atoms. The Morgan fingerprint density at radius 2 is 1.77 bits per heavy atom. The number of nitrogens with one attached hydrogen (secondary N) is 3. The van der Waals surface area contributed by atoms with Crippen LogP contribution in [0.3, 0.4) is 0 Å². The fourth-order valence-electron chi connectivity index (χ4n) is 2.23. The number of carbonyl (C=O) groups excluding carboxylic acids is 4. The monoisotopic (exact) mass is 423 g/mol. The molecule has 0 aliphatic carbocycles. The van der Waals surface area contributed by atoms with Crippen molar-refractivity contribution in [3.05, 3.63) is 18.2 Å². The van der Waals surface area contributed by atoms with Crippen LogP contribution in [0.1, 0.15) is 40.5 Å². The second kappa shape index (κ2) is 11.6. The summed E-state index contributed by atoms with van der Waals surface area (Å²) in [6, 6.07) is 4.74. The summed E-state index contributed by atoms with van der Waals surface area (Å²) in [6.45, 7) is 6.38. The van der Waals surface area contributed by atoms with Crippen molar-refractivity contribution in [2.45, 2.75) is 46.1 Å². The first-order valence-electron chi connectivity index (χ1n) is 9.38. The molecule has 1 aromatic rings. The SMILES string of the molecule is COc1ccc(NC(C)=O)cc1NC(=O)COC(=O)CCCNC(=O)OC(C)(C)C. The molecule has 10 nitrogen and oxygen atoms in total. The number of ether oxygens (including phenoxy) is 3. The van der Waals surface area contributed by atoms with Crippen molar-refractivity contribution in [1.29, 1.82) is 0 Å². The van der Waals surface area contributed by atoms with Crippen molar-refractivity contribution < 1.29 is 33.4 Å². The molecule has 0 radical (unpaired) electrons. The molecule has 1 aromatic carbocycles. The summed E-state index contributed by atoms with van der Waals surface area (Å²) in [4.78, 5) is 46.5. The first-order chi connectivity index (χ1) is 14.0. The molecular formula is C20H29N3O7. The lowest BCUT2D eigenvalue weighted by atomic mass is 10.2. The predicted molar refractivity (Wildman–Crippen MR) is 110 cm³/mol. The van der Waals surface area contributed by atoms with E-state index in [9.17, 15) is 19.2 Å². The highest BCUT2D eigenvalue weighted by Crippen LogP contribution is 2.27. The van der Waals surface area contributed by atoms with E-state index in [0.29, 0.717) is 23.5 Å². The van der Waals surface area contributed by atoms with Crippen LogP contribution in [0.4, 0.5) is 16.2 Å². The molecule has 0 spiro atoms. The highest BCUT2D eigenvalue weighted by Gasteiger charge is 2.16.